The number of carboxylic acids is 1. The summed E-state index contributed by atoms with van der Waals surface area (Å²) in [7, 11) is 0. The zero-order valence-electron chi connectivity index (χ0n) is 24.7. The fourth-order valence-electron chi connectivity index (χ4n) is 9.69. The number of ether oxygens (including phenoxy) is 2. The minimum Gasteiger partial charge on any atom is -0.481 e. The van der Waals surface area contributed by atoms with E-state index in [9.17, 15) is 14.4 Å². The fourth-order valence-corrected chi connectivity index (χ4v) is 9.69. The van der Waals surface area contributed by atoms with Gasteiger partial charge in [-0.15, -0.1) is 0 Å². The van der Waals surface area contributed by atoms with Crippen molar-refractivity contribution in [3.05, 3.63) is 0 Å². The second kappa shape index (κ2) is 11.1. The highest BCUT2D eigenvalue weighted by Gasteiger charge is 2.60. The molecule has 0 aromatic heterocycles. The third kappa shape index (κ3) is 6.09. The molecule has 0 bridgehead atoms. The number of fused-ring (bicyclic) bond motifs is 5. The van der Waals surface area contributed by atoms with Crippen molar-refractivity contribution < 1.29 is 29.0 Å². The number of hydrogen-bond donors (Lipinski definition) is 1. The van der Waals surface area contributed by atoms with Gasteiger partial charge >= 0.3 is 17.9 Å². The van der Waals surface area contributed by atoms with Crippen molar-refractivity contribution in [2.75, 3.05) is 0 Å². The smallest absolute Gasteiger partial charge is 0.306 e. The molecular formula is C32H52O6. The summed E-state index contributed by atoms with van der Waals surface area (Å²) in [6, 6.07) is 0. The summed E-state index contributed by atoms with van der Waals surface area (Å²) in [5.41, 5.74) is 0.266. The summed E-state index contributed by atoms with van der Waals surface area (Å²) in [6.07, 6.45) is 11.8. The summed E-state index contributed by atoms with van der Waals surface area (Å²) < 4.78 is 11.3. The molecule has 4 rings (SSSR count). The maximum absolute atomic E-state index is 12.4. The van der Waals surface area contributed by atoms with Crippen LogP contribution in [-0.4, -0.2) is 34.7 Å². The molecule has 4 fully saturated rings. The van der Waals surface area contributed by atoms with Gasteiger partial charge in [-0.1, -0.05) is 20.8 Å². The number of aliphatic carboxylic acids is 1. The number of carbonyl (C=O) groups is 3. The lowest BCUT2D eigenvalue weighted by molar-refractivity contribution is -0.164. The van der Waals surface area contributed by atoms with Crippen molar-refractivity contribution in [2.45, 2.75) is 137 Å². The standard InChI is InChI=1S/C32H52O6/c1-20(7-13-29(36)38-30(2,3)4)24-10-11-25-23-9-8-21-19-22(37-28(35)14-12-27(33)34)15-17-31(21,5)26(23)16-18-32(24,25)6/h20-26H,7-19H2,1-6H3,(H,33,34)/t20-,21-,22-,23+,24-,25+,26+,31+,32-/m1/s1. The topological polar surface area (TPSA) is 89.9 Å². The van der Waals surface area contributed by atoms with E-state index in [2.05, 4.69) is 20.8 Å². The zero-order chi connectivity index (χ0) is 27.9. The molecule has 216 valence electrons. The van der Waals surface area contributed by atoms with Crippen LogP contribution in [0.2, 0.25) is 0 Å². The highest BCUT2D eigenvalue weighted by molar-refractivity contribution is 5.76. The van der Waals surface area contributed by atoms with Crippen LogP contribution in [0.25, 0.3) is 0 Å². The van der Waals surface area contributed by atoms with Gasteiger partial charge in [-0.05, 0) is 131 Å². The van der Waals surface area contributed by atoms with E-state index < -0.39 is 11.6 Å². The van der Waals surface area contributed by atoms with Crippen LogP contribution in [0, 0.1) is 46.3 Å². The maximum atomic E-state index is 12.4. The van der Waals surface area contributed by atoms with Crippen LogP contribution in [0.1, 0.15) is 125 Å². The Morgan fingerprint density at radius 3 is 2.24 bits per heavy atom. The Morgan fingerprint density at radius 1 is 0.868 bits per heavy atom. The van der Waals surface area contributed by atoms with E-state index in [1.54, 1.807) is 0 Å². The number of carboxylic acid groups (broad SMARTS) is 1. The molecule has 6 heteroatoms. The van der Waals surface area contributed by atoms with Gasteiger partial charge in [0.1, 0.15) is 11.7 Å². The lowest BCUT2D eigenvalue weighted by Crippen LogP contribution is -2.54. The first-order valence-corrected chi connectivity index (χ1v) is 15.4. The average Bonchev–Trinajstić information content (AvgIpc) is 3.17. The molecule has 0 unspecified atom stereocenters. The molecule has 1 N–H and O–H groups in total. The van der Waals surface area contributed by atoms with Crippen molar-refractivity contribution in [3.8, 4) is 0 Å². The molecule has 4 aliphatic rings. The summed E-state index contributed by atoms with van der Waals surface area (Å²) in [6.45, 7) is 13.3. The molecule has 0 heterocycles. The van der Waals surface area contributed by atoms with E-state index in [1.807, 2.05) is 20.8 Å². The van der Waals surface area contributed by atoms with Crippen LogP contribution >= 0.6 is 0 Å². The van der Waals surface area contributed by atoms with Crippen LogP contribution in [-0.2, 0) is 23.9 Å². The molecule has 9 atom stereocenters. The Kier molecular flexibility index (Phi) is 8.60. The minimum absolute atomic E-state index is 0.0317. The van der Waals surface area contributed by atoms with E-state index in [0.717, 1.165) is 43.4 Å². The molecule has 0 radical (unpaired) electrons. The first kappa shape index (κ1) is 29.4. The van der Waals surface area contributed by atoms with Crippen LogP contribution in [0.4, 0.5) is 0 Å². The van der Waals surface area contributed by atoms with Gasteiger partial charge in [-0.25, -0.2) is 0 Å². The highest BCUT2D eigenvalue weighted by Crippen LogP contribution is 2.68. The van der Waals surface area contributed by atoms with Gasteiger partial charge < -0.3 is 14.6 Å². The van der Waals surface area contributed by atoms with Gasteiger partial charge in [0.05, 0.1) is 12.8 Å². The number of hydrogen-bond acceptors (Lipinski definition) is 5. The summed E-state index contributed by atoms with van der Waals surface area (Å²) >= 11 is 0. The number of esters is 2. The van der Waals surface area contributed by atoms with E-state index in [1.165, 1.54) is 38.5 Å². The first-order valence-electron chi connectivity index (χ1n) is 15.4. The summed E-state index contributed by atoms with van der Waals surface area (Å²) in [5.74, 6) is 2.74. The largest absolute Gasteiger partial charge is 0.481 e. The van der Waals surface area contributed by atoms with Crippen molar-refractivity contribution in [1.82, 2.24) is 0 Å². The van der Waals surface area contributed by atoms with Gasteiger partial charge in [-0.2, -0.15) is 0 Å². The highest BCUT2D eigenvalue weighted by atomic mass is 16.6. The van der Waals surface area contributed by atoms with Crippen molar-refractivity contribution >= 4 is 17.9 Å². The molecule has 4 aliphatic carbocycles. The van der Waals surface area contributed by atoms with Crippen LogP contribution in [0.3, 0.4) is 0 Å². The van der Waals surface area contributed by atoms with Crippen LogP contribution < -0.4 is 0 Å². The summed E-state index contributed by atoms with van der Waals surface area (Å²) in [5, 5.41) is 8.86. The van der Waals surface area contributed by atoms with Gasteiger partial charge in [0.15, 0.2) is 0 Å². The van der Waals surface area contributed by atoms with Gasteiger partial charge in [0.2, 0.25) is 0 Å². The van der Waals surface area contributed by atoms with Crippen LogP contribution in [0.15, 0.2) is 0 Å². The second-order valence-electron chi connectivity index (χ2n) is 14.8. The molecule has 0 amide bonds. The Balaban J connectivity index is 1.35. The molecule has 38 heavy (non-hydrogen) atoms. The zero-order valence-corrected chi connectivity index (χ0v) is 24.7. The molecule has 0 spiro atoms. The van der Waals surface area contributed by atoms with E-state index in [4.69, 9.17) is 14.6 Å². The quantitative estimate of drug-likeness (QED) is 0.333. The predicted octanol–water partition coefficient (Wildman–Crippen LogP) is 7.18. The van der Waals surface area contributed by atoms with Crippen molar-refractivity contribution in [3.63, 3.8) is 0 Å². The Labute approximate surface area is 230 Å². The van der Waals surface area contributed by atoms with Gasteiger partial charge in [-0.3, -0.25) is 14.4 Å². The third-order valence-corrected chi connectivity index (χ3v) is 11.4. The lowest BCUT2D eigenvalue weighted by atomic mass is 9.44. The molecule has 0 saturated heterocycles. The summed E-state index contributed by atoms with van der Waals surface area (Å²) in [4.78, 5) is 35.3. The van der Waals surface area contributed by atoms with E-state index in [-0.39, 0.29) is 30.9 Å². The molecular weight excluding hydrogens is 480 g/mol. The Bertz CT molecular complexity index is 891. The number of carbonyl (C=O) groups excluding carboxylic acids is 2. The predicted molar refractivity (Wildman–Crippen MR) is 146 cm³/mol. The van der Waals surface area contributed by atoms with E-state index in [0.29, 0.717) is 35.0 Å². The normalized spacial score (nSPS) is 39.3. The Hall–Kier alpha value is -1.59. The first-order chi connectivity index (χ1) is 17.7. The number of rotatable bonds is 8. The fraction of sp³-hybridized carbons (Fsp3) is 0.906. The lowest BCUT2D eigenvalue weighted by Gasteiger charge is -2.61. The van der Waals surface area contributed by atoms with Crippen molar-refractivity contribution in [1.29, 1.82) is 0 Å². The molecule has 0 aromatic rings. The van der Waals surface area contributed by atoms with Crippen LogP contribution in [0.5, 0.6) is 0 Å². The van der Waals surface area contributed by atoms with Gasteiger partial charge in [0.25, 0.3) is 0 Å². The SMILES string of the molecule is C[C@H](CCC(=O)OC(C)(C)C)[C@H]1CC[C@H]2[C@@H]3CC[C@@H]4C[C@H](OC(=O)CCC(=O)O)CC[C@]4(C)[C@H]3CC[C@]12C. The maximum Gasteiger partial charge on any atom is 0.306 e. The third-order valence-electron chi connectivity index (χ3n) is 11.4. The Morgan fingerprint density at radius 2 is 1.55 bits per heavy atom. The molecule has 0 aliphatic heterocycles. The molecule has 0 aromatic carbocycles. The average molecular weight is 533 g/mol. The van der Waals surface area contributed by atoms with Gasteiger partial charge in [0, 0.05) is 6.42 Å². The second-order valence-corrected chi connectivity index (χ2v) is 14.8. The monoisotopic (exact) mass is 532 g/mol. The molecule has 6 nitrogen and oxygen atoms in total. The minimum atomic E-state index is -0.952. The van der Waals surface area contributed by atoms with E-state index >= 15 is 0 Å². The van der Waals surface area contributed by atoms with Crippen molar-refractivity contribution in [2.24, 2.45) is 46.3 Å². The molecule has 4 saturated carbocycles.